The Morgan fingerprint density at radius 1 is 1.41 bits per heavy atom. The lowest BCUT2D eigenvalue weighted by atomic mass is 10.2. The molecule has 5 nitrogen and oxygen atoms in total. The van der Waals surface area contributed by atoms with Crippen molar-refractivity contribution in [2.24, 2.45) is 5.92 Å². The fraction of sp³-hybridized carbons (Fsp3) is 0.375. The number of benzene rings is 1. The predicted octanol–water partition coefficient (Wildman–Crippen LogP) is 3.27. The Balaban J connectivity index is 1.93. The van der Waals surface area contributed by atoms with Gasteiger partial charge in [-0.25, -0.2) is 4.68 Å². The van der Waals surface area contributed by atoms with Crippen molar-refractivity contribution in [3.63, 3.8) is 0 Å². The summed E-state index contributed by atoms with van der Waals surface area (Å²) in [6, 6.07) is 7.10. The summed E-state index contributed by atoms with van der Waals surface area (Å²) in [6.07, 6.45) is 1.72. The molecular weight excluding hydrogens is 302 g/mol. The van der Waals surface area contributed by atoms with Crippen LogP contribution >= 0.6 is 11.6 Å². The molecule has 1 aromatic carbocycles. The van der Waals surface area contributed by atoms with Gasteiger partial charge in [0.2, 0.25) is 0 Å². The van der Waals surface area contributed by atoms with Crippen LogP contribution in [-0.4, -0.2) is 22.2 Å². The highest BCUT2D eigenvalue weighted by Crippen LogP contribution is 2.21. The molecule has 6 heteroatoms. The molecule has 22 heavy (non-hydrogen) atoms. The number of aryl methyl sites for hydroxylation is 1. The number of hydrogen-bond donors (Lipinski definition) is 1. The molecule has 0 radical (unpaired) electrons. The fourth-order valence-corrected chi connectivity index (χ4v) is 2.08. The molecule has 1 heterocycles. The van der Waals surface area contributed by atoms with Gasteiger partial charge in [-0.1, -0.05) is 25.4 Å². The van der Waals surface area contributed by atoms with Crippen LogP contribution in [0.15, 0.2) is 30.5 Å². The molecule has 0 bridgehead atoms. The lowest BCUT2D eigenvalue weighted by Gasteiger charge is -2.09. The molecule has 0 fully saturated rings. The van der Waals surface area contributed by atoms with Crippen LogP contribution in [-0.2, 0) is 6.73 Å². The Labute approximate surface area is 135 Å². The van der Waals surface area contributed by atoms with Crippen molar-refractivity contribution in [3.05, 3.63) is 46.7 Å². The summed E-state index contributed by atoms with van der Waals surface area (Å²) in [4.78, 5) is 11.9. The van der Waals surface area contributed by atoms with Gasteiger partial charge < -0.3 is 10.1 Å². The van der Waals surface area contributed by atoms with Crippen LogP contribution in [0.1, 0.15) is 29.9 Å². The summed E-state index contributed by atoms with van der Waals surface area (Å²) in [5, 5.41) is 7.71. The van der Waals surface area contributed by atoms with E-state index in [0.717, 1.165) is 11.3 Å². The average molecular weight is 322 g/mol. The number of hydrogen-bond acceptors (Lipinski definition) is 3. The van der Waals surface area contributed by atoms with Crippen molar-refractivity contribution in [3.8, 4) is 5.75 Å². The Kier molecular flexibility index (Phi) is 5.44. The highest BCUT2D eigenvalue weighted by atomic mass is 35.5. The van der Waals surface area contributed by atoms with Gasteiger partial charge in [-0.05, 0) is 42.7 Å². The Morgan fingerprint density at radius 2 is 2.18 bits per heavy atom. The second kappa shape index (κ2) is 7.31. The van der Waals surface area contributed by atoms with Crippen molar-refractivity contribution < 1.29 is 9.53 Å². The smallest absolute Gasteiger partial charge is 0.271 e. The maximum absolute atomic E-state index is 11.9. The third kappa shape index (κ3) is 4.49. The zero-order valence-electron chi connectivity index (χ0n) is 13.0. The summed E-state index contributed by atoms with van der Waals surface area (Å²) in [7, 11) is 0. The minimum absolute atomic E-state index is 0.171. The van der Waals surface area contributed by atoms with Crippen molar-refractivity contribution in [2.75, 3.05) is 6.54 Å². The molecule has 0 spiro atoms. The van der Waals surface area contributed by atoms with Gasteiger partial charge in [0.15, 0.2) is 6.73 Å². The number of nitrogens with one attached hydrogen (secondary N) is 1. The van der Waals surface area contributed by atoms with Gasteiger partial charge >= 0.3 is 0 Å². The number of ether oxygens (including phenoxy) is 1. The van der Waals surface area contributed by atoms with Gasteiger partial charge in [0.1, 0.15) is 11.4 Å². The zero-order chi connectivity index (χ0) is 16.1. The van der Waals surface area contributed by atoms with Gasteiger partial charge in [-0.15, -0.1) is 0 Å². The summed E-state index contributed by atoms with van der Waals surface area (Å²) in [6.45, 7) is 6.88. The first-order valence-corrected chi connectivity index (χ1v) is 7.54. The maximum Gasteiger partial charge on any atom is 0.271 e. The number of halogens is 1. The molecule has 0 saturated heterocycles. The molecule has 0 saturated carbocycles. The molecule has 1 aromatic heterocycles. The normalized spacial score (nSPS) is 10.8. The monoisotopic (exact) mass is 321 g/mol. The van der Waals surface area contributed by atoms with E-state index >= 15 is 0 Å². The molecule has 0 atom stereocenters. The molecule has 0 aliphatic rings. The van der Waals surface area contributed by atoms with Gasteiger partial charge in [0.05, 0.1) is 0 Å². The van der Waals surface area contributed by atoms with E-state index in [-0.39, 0.29) is 12.6 Å². The molecule has 2 rings (SSSR count). The van der Waals surface area contributed by atoms with Crippen LogP contribution in [0.5, 0.6) is 5.75 Å². The minimum atomic E-state index is -0.171. The highest BCUT2D eigenvalue weighted by Gasteiger charge is 2.10. The van der Waals surface area contributed by atoms with Crippen LogP contribution in [0.4, 0.5) is 0 Å². The van der Waals surface area contributed by atoms with Crippen LogP contribution < -0.4 is 10.1 Å². The molecule has 118 valence electrons. The van der Waals surface area contributed by atoms with E-state index in [4.69, 9.17) is 16.3 Å². The van der Waals surface area contributed by atoms with Crippen LogP contribution in [0.3, 0.4) is 0 Å². The van der Waals surface area contributed by atoms with Gasteiger partial charge in [0.25, 0.3) is 5.91 Å². The van der Waals surface area contributed by atoms with E-state index < -0.39 is 0 Å². The number of aromatic nitrogens is 2. The van der Waals surface area contributed by atoms with E-state index in [1.54, 1.807) is 23.0 Å². The van der Waals surface area contributed by atoms with Crippen LogP contribution in [0, 0.1) is 12.8 Å². The van der Waals surface area contributed by atoms with Crippen LogP contribution in [0.25, 0.3) is 0 Å². The number of carbonyl (C=O) groups excluding carboxylic acids is 1. The van der Waals surface area contributed by atoms with E-state index in [9.17, 15) is 4.79 Å². The molecule has 1 N–H and O–H groups in total. The molecule has 1 amide bonds. The third-order valence-corrected chi connectivity index (χ3v) is 3.27. The maximum atomic E-state index is 11.9. The lowest BCUT2D eigenvalue weighted by Crippen LogP contribution is -2.27. The Bertz CT molecular complexity index is 653. The topological polar surface area (TPSA) is 56.1 Å². The second-order valence-electron chi connectivity index (χ2n) is 5.53. The Hall–Kier alpha value is -2.01. The molecule has 0 aliphatic carbocycles. The first-order valence-electron chi connectivity index (χ1n) is 7.16. The SMILES string of the molecule is Cc1cc(Cl)ccc1OCn1ccc(C(=O)NCC(C)C)n1. The van der Waals surface area contributed by atoms with E-state index in [1.165, 1.54) is 0 Å². The number of carbonyl (C=O) groups is 1. The second-order valence-corrected chi connectivity index (χ2v) is 5.96. The van der Waals surface area contributed by atoms with Gasteiger partial charge in [-0.3, -0.25) is 4.79 Å². The molecular formula is C16H20ClN3O2. The minimum Gasteiger partial charge on any atom is -0.471 e. The molecule has 2 aromatic rings. The van der Waals surface area contributed by atoms with Crippen molar-refractivity contribution in [1.29, 1.82) is 0 Å². The van der Waals surface area contributed by atoms with E-state index in [1.807, 2.05) is 32.9 Å². The highest BCUT2D eigenvalue weighted by molar-refractivity contribution is 6.30. The largest absolute Gasteiger partial charge is 0.471 e. The summed E-state index contributed by atoms with van der Waals surface area (Å²) in [5.41, 5.74) is 1.34. The summed E-state index contributed by atoms with van der Waals surface area (Å²) < 4.78 is 7.26. The van der Waals surface area contributed by atoms with E-state index in [0.29, 0.717) is 23.2 Å². The predicted molar refractivity (Wildman–Crippen MR) is 86.2 cm³/mol. The zero-order valence-corrected chi connectivity index (χ0v) is 13.7. The van der Waals surface area contributed by atoms with Crippen molar-refractivity contribution in [1.82, 2.24) is 15.1 Å². The van der Waals surface area contributed by atoms with Crippen molar-refractivity contribution in [2.45, 2.75) is 27.5 Å². The van der Waals surface area contributed by atoms with Crippen LogP contribution in [0.2, 0.25) is 5.02 Å². The van der Waals surface area contributed by atoms with Gasteiger partial charge in [-0.2, -0.15) is 5.10 Å². The summed E-state index contributed by atoms with van der Waals surface area (Å²) >= 11 is 5.91. The molecule has 0 unspecified atom stereocenters. The van der Waals surface area contributed by atoms with Gasteiger partial charge in [0, 0.05) is 17.8 Å². The lowest BCUT2D eigenvalue weighted by molar-refractivity contribution is 0.0942. The third-order valence-electron chi connectivity index (χ3n) is 3.03. The standard InChI is InChI=1S/C16H20ClN3O2/c1-11(2)9-18-16(21)14-6-7-20(19-14)10-22-15-5-4-13(17)8-12(15)3/h4-8,11H,9-10H2,1-3H3,(H,18,21). The first-order chi connectivity index (χ1) is 10.5. The number of rotatable bonds is 6. The number of nitrogens with zero attached hydrogens (tertiary/aromatic N) is 2. The quantitative estimate of drug-likeness (QED) is 0.888. The van der Waals surface area contributed by atoms with Crippen molar-refractivity contribution >= 4 is 17.5 Å². The average Bonchev–Trinajstić information content (AvgIpc) is 2.92. The number of amides is 1. The Morgan fingerprint density at radius 3 is 2.86 bits per heavy atom. The molecule has 0 aliphatic heterocycles. The van der Waals surface area contributed by atoms with E-state index in [2.05, 4.69) is 10.4 Å². The summed E-state index contributed by atoms with van der Waals surface area (Å²) in [5.74, 6) is 0.975. The first kappa shape index (κ1) is 16.4. The fourth-order valence-electron chi connectivity index (χ4n) is 1.85.